The standard InChI is InChI=1S/C12H12N2O3/c1-8-7-13-12(17)14(10(8)15)11(16)9-5-3-2-4-6-9/h2-6,8H,7H2,1H3,(H,13,17). The summed E-state index contributed by atoms with van der Waals surface area (Å²) in [6.07, 6.45) is 0. The Kier molecular flexibility index (Phi) is 2.91. The first kappa shape index (κ1) is 11.3. The van der Waals surface area contributed by atoms with Crippen molar-refractivity contribution < 1.29 is 14.4 Å². The van der Waals surface area contributed by atoms with E-state index in [1.54, 1.807) is 37.3 Å². The highest BCUT2D eigenvalue weighted by molar-refractivity contribution is 6.17. The van der Waals surface area contributed by atoms with E-state index in [1.165, 1.54) is 0 Å². The molecule has 0 saturated carbocycles. The van der Waals surface area contributed by atoms with Crippen molar-refractivity contribution in [2.75, 3.05) is 6.54 Å². The number of urea groups is 1. The normalized spacial score (nSPS) is 20.1. The van der Waals surface area contributed by atoms with Gasteiger partial charge in [0.25, 0.3) is 5.91 Å². The number of rotatable bonds is 1. The topological polar surface area (TPSA) is 66.5 Å². The summed E-state index contributed by atoms with van der Waals surface area (Å²) in [7, 11) is 0. The van der Waals surface area contributed by atoms with Crippen LogP contribution in [0.2, 0.25) is 0 Å². The summed E-state index contributed by atoms with van der Waals surface area (Å²) in [4.78, 5) is 36.0. The molecule has 0 aromatic heterocycles. The fraction of sp³-hybridized carbons (Fsp3) is 0.250. The van der Waals surface area contributed by atoms with Crippen LogP contribution < -0.4 is 5.32 Å². The van der Waals surface area contributed by atoms with Crippen molar-refractivity contribution in [3.05, 3.63) is 35.9 Å². The number of nitrogens with zero attached hydrogens (tertiary/aromatic N) is 1. The predicted molar refractivity (Wildman–Crippen MR) is 60.2 cm³/mol. The number of nitrogens with one attached hydrogen (secondary N) is 1. The van der Waals surface area contributed by atoms with Crippen molar-refractivity contribution >= 4 is 17.8 Å². The lowest BCUT2D eigenvalue weighted by Gasteiger charge is -2.27. The molecule has 2 rings (SSSR count). The molecule has 1 aliphatic rings. The van der Waals surface area contributed by atoms with Gasteiger partial charge in [-0.25, -0.2) is 4.79 Å². The quantitative estimate of drug-likeness (QED) is 0.735. The molecular weight excluding hydrogens is 220 g/mol. The third kappa shape index (κ3) is 2.04. The van der Waals surface area contributed by atoms with Gasteiger partial charge in [0.1, 0.15) is 0 Å². The highest BCUT2D eigenvalue weighted by Gasteiger charge is 2.36. The van der Waals surface area contributed by atoms with Crippen LogP contribution in [0.5, 0.6) is 0 Å². The Balaban J connectivity index is 2.29. The molecule has 1 N–H and O–H groups in total. The molecule has 0 spiro atoms. The second-order valence-electron chi connectivity index (χ2n) is 3.93. The van der Waals surface area contributed by atoms with Crippen molar-refractivity contribution in [2.24, 2.45) is 5.92 Å². The van der Waals surface area contributed by atoms with Crippen LogP contribution in [0.15, 0.2) is 30.3 Å². The second kappa shape index (κ2) is 4.37. The fourth-order valence-corrected chi connectivity index (χ4v) is 1.63. The number of carbonyl (C=O) groups is 3. The molecule has 1 atom stereocenters. The molecule has 0 aliphatic carbocycles. The third-order valence-corrected chi connectivity index (χ3v) is 2.63. The van der Waals surface area contributed by atoms with Gasteiger partial charge in [-0.1, -0.05) is 25.1 Å². The van der Waals surface area contributed by atoms with Gasteiger partial charge in [-0.3, -0.25) is 9.59 Å². The zero-order valence-electron chi connectivity index (χ0n) is 9.34. The van der Waals surface area contributed by atoms with Gasteiger partial charge in [0, 0.05) is 12.1 Å². The minimum Gasteiger partial charge on any atom is -0.336 e. The summed E-state index contributed by atoms with van der Waals surface area (Å²) in [6.45, 7) is 1.95. The van der Waals surface area contributed by atoms with Crippen LogP contribution in [0.25, 0.3) is 0 Å². The number of imide groups is 3. The smallest absolute Gasteiger partial charge is 0.331 e. The van der Waals surface area contributed by atoms with Gasteiger partial charge in [-0.15, -0.1) is 0 Å². The maximum atomic E-state index is 12.0. The fourth-order valence-electron chi connectivity index (χ4n) is 1.63. The molecule has 4 amide bonds. The van der Waals surface area contributed by atoms with Gasteiger partial charge in [0.05, 0.1) is 5.92 Å². The van der Waals surface area contributed by atoms with Gasteiger partial charge in [-0.05, 0) is 12.1 Å². The van der Waals surface area contributed by atoms with E-state index in [2.05, 4.69) is 5.32 Å². The van der Waals surface area contributed by atoms with Crippen molar-refractivity contribution in [3.63, 3.8) is 0 Å². The summed E-state index contributed by atoms with van der Waals surface area (Å²) in [5, 5.41) is 2.51. The summed E-state index contributed by atoms with van der Waals surface area (Å²) in [6, 6.07) is 7.62. The summed E-state index contributed by atoms with van der Waals surface area (Å²) in [5.74, 6) is -1.41. The Morgan fingerprint density at radius 3 is 2.59 bits per heavy atom. The average Bonchev–Trinajstić information content (AvgIpc) is 2.35. The van der Waals surface area contributed by atoms with E-state index in [-0.39, 0.29) is 12.5 Å². The van der Waals surface area contributed by atoms with E-state index in [1.807, 2.05) is 0 Å². The lowest BCUT2D eigenvalue weighted by Crippen LogP contribution is -2.56. The van der Waals surface area contributed by atoms with Gasteiger partial charge in [0.15, 0.2) is 0 Å². The van der Waals surface area contributed by atoms with Crippen LogP contribution in [0.1, 0.15) is 17.3 Å². The van der Waals surface area contributed by atoms with Crippen LogP contribution in [-0.2, 0) is 4.79 Å². The monoisotopic (exact) mass is 232 g/mol. The van der Waals surface area contributed by atoms with Crippen LogP contribution in [0.4, 0.5) is 4.79 Å². The van der Waals surface area contributed by atoms with Crippen molar-refractivity contribution in [1.29, 1.82) is 0 Å². The van der Waals surface area contributed by atoms with Crippen molar-refractivity contribution in [1.82, 2.24) is 10.2 Å². The summed E-state index contributed by atoms with van der Waals surface area (Å²) in [5.41, 5.74) is 0.324. The number of hydrogen-bond donors (Lipinski definition) is 1. The van der Waals surface area contributed by atoms with Crippen LogP contribution >= 0.6 is 0 Å². The maximum absolute atomic E-state index is 12.0. The molecule has 1 unspecified atom stereocenters. The van der Waals surface area contributed by atoms with E-state index >= 15 is 0 Å². The van der Waals surface area contributed by atoms with Crippen LogP contribution in [0.3, 0.4) is 0 Å². The lowest BCUT2D eigenvalue weighted by molar-refractivity contribution is -0.130. The minimum absolute atomic E-state index is 0.274. The Hall–Kier alpha value is -2.17. The minimum atomic E-state index is -0.651. The van der Waals surface area contributed by atoms with Crippen LogP contribution in [0, 0.1) is 5.92 Å². The molecule has 1 saturated heterocycles. The van der Waals surface area contributed by atoms with Crippen LogP contribution in [-0.4, -0.2) is 29.3 Å². The zero-order valence-corrected chi connectivity index (χ0v) is 9.34. The summed E-state index contributed by atoms with van der Waals surface area (Å²) >= 11 is 0. The first-order valence-electron chi connectivity index (χ1n) is 5.32. The van der Waals surface area contributed by atoms with Gasteiger partial charge in [0.2, 0.25) is 5.91 Å². The molecule has 17 heavy (non-hydrogen) atoms. The Labute approximate surface area is 98.4 Å². The van der Waals surface area contributed by atoms with E-state index in [9.17, 15) is 14.4 Å². The van der Waals surface area contributed by atoms with Gasteiger partial charge < -0.3 is 5.32 Å². The second-order valence-corrected chi connectivity index (χ2v) is 3.93. The molecule has 1 aromatic carbocycles. The molecule has 1 fully saturated rings. The molecule has 1 aromatic rings. The predicted octanol–water partition coefficient (Wildman–Crippen LogP) is 1.01. The first-order valence-corrected chi connectivity index (χ1v) is 5.32. The average molecular weight is 232 g/mol. The molecule has 1 aliphatic heterocycles. The third-order valence-electron chi connectivity index (χ3n) is 2.63. The highest BCUT2D eigenvalue weighted by Crippen LogP contribution is 2.12. The largest absolute Gasteiger partial charge is 0.336 e. The first-order chi connectivity index (χ1) is 8.11. The molecule has 88 valence electrons. The highest BCUT2D eigenvalue weighted by atomic mass is 16.2. The zero-order chi connectivity index (χ0) is 12.4. The Morgan fingerprint density at radius 1 is 1.29 bits per heavy atom. The van der Waals surface area contributed by atoms with E-state index < -0.39 is 17.8 Å². The summed E-state index contributed by atoms with van der Waals surface area (Å²) < 4.78 is 0. The molecule has 0 radical (unpaired) electrons. The van der Waals surface area contributed by atoms with Gasteiger partial charge in [-0.2, -0.15) is 4.90 Å². The number of hydrogen-bond acceptors (Lipinski definition) is 3. The molecule has 5 nitrogen and oxygen atoms in total. The SMILES string of the molecule is CC1CNC(=O)N(C(=O)c2ccccc2)C1=O. The van der Waals surface area contributed by atoms with Crippen molar-refractivity contribution in [3.8, 4) is 0 Å². The Bertz CT molecular complexity index is 470. The van der Waals surface area contributed by atoms with E-state index in [0.29, 0.717) is 10.5 Å². The number of amides is 4. The molecular formula is C12H12N2O3. The number of benzene rings is 1. The molecule has 1 heterocycles. The molecule has 0 bridgehead atoms. The maximum Gasteiger partial charge on any atom is 0.331 e. The van der Waals surface area contributed by atoms with E-state index in [4.69, 9.17) is 0 Å². The Morgan fingerprint density at radius 2 is 1.94 bits per heavy atom. The van der Waals surface area contributed by atoms with Crippen molar-refractivity contribution in [2.45, 2.75) is 6.92 Å². The molecule has 5 heteroatoms. The lowest BCUT2D eigenvalue weighted by atomic mass is 10.1. The van der Waals surface area contributed by atoms with Gasteiger partial charge >= 0.3 is 6.03 Å². The van der Waals surface area contributed by atoms with E-state index in [0.717, 1.165) is 0 Å². The number of carbonyl (C=O) groups excluding carboxylic acids is 3.